The first-order chi connectivity index (χ1) is 3.83. The average Bonchev–Trinajstić information content (AvgIpc) is 1.71. The van der Waals surface area contributed by atoms with Crippen LogP contribution in [0.4, 0.5) is 0 Å². The monoisotopic (exact) mass is 245 g/mol. The van der Waals surface area contributed by atoms with Gasteiger partial charge in [-0.25, -0.2) is 0 Å². The molecule has 0 aliphatic rings. The van der Waals surface area contributed by atoms with Gasteiger partial charge in [0.2, 0.25) is 0 Å². The highest BCUT2D eigenvalue weighted by molar-refractivity contribution is 14.1. The third-order valence-corrected chi connectivity index (χ3v) is 1.30. The third kappa shape index (κ3) is 31.4. The number of hydrogen-bond acceptors (Lipinski definition) is 1. The van der Waals surface area contributed by atoms with Gasteiger partial charge in [0.25, 0.3) is 0 Å². The summed E-state index contributed by atoms with van der Waals surface area (Å²) >= 11 is 7.60. The Balaban J connectivity index is 0. The van der Waals surface area contributed by atoms with Gasteiger partial charge in [0.15, 0.2) is 0 Å². The van der Waals surface area contributed by atoms with Crippen molar-refractivity contribution in [3.8, 4) is 6.07 Å². The van der Waals surface area contributed by atoms with Crippen molar-refractivity contribution in [1.29, 1.82) is 5.26 Å². The van der Waals surface area contributed by atoms with Gasteiger partial charge in [-0.2, -0.15) is 5.26 Å². The fraction of sp³-hybridized carbons (Fsp3) is 0.800. The van der Waals surface area contributed by atoms with E-state index in [0.717, 1.165) is 12.3 Å². The molecular weight excluding hydrogens is 236 g/mol. The van der Waals surface area contributed by atoms with Gasteiger partial charge in [0.1, 0.15) is 0 Å². The van der Waals surface area contributed by atoms with E-state index in [0.29, 0.717) is 0 Å². The molecule has 0 unspecified atom stereocenters. The third-order valence-electron chi connectivity index (χ3n) is 0.267. The van der Waals surface area contributed by atoms with Crippen molar-refractivity contribution in [1.82, 2.24) is 0 Å². The average molecular weight is 245 g/mol. The summed E-state index contributed by atoms with van der Waals surface area (Å²) in [5, 5.41) is 7.32. The molecule has 0 radical (unpaired) electrons. The van der Waals surface area contributed by atoms with E-state index in [4.69, 9.17) is 16.9 Å². The number of nitriles is 1. The number of rotatable bonds is 2. The Bertz CT molecular complexity index is 57.9. The Labute approximate surface area is 69.2 Å². The van der Waals surface area contributed by atoms with Gasteiger partial charge in [0, 0.05) is 17.2 Å². The second-order valence-corrected chi connectivity index (χ2v) is 2.41. The van der Waals surface area contributed by atoms with Crippen molar-refractivity contribution in [3.05, 3.63) is 0 Å². The van der Waals surface area contributed by atoms with Crippen molar-refractivity contribution in [2.24, 2.45) is 0 Å². The molecule has 0 saturated carbocycles. The number of halogens is 2. The second kappa shape index (κ2) is 15.6. The molecule has 0 atom stereocenters. The second-order valence-electron chi connectivity index (χ2n) is 0.955. The van der Waals surface area contributed by atoms with Crippen molar-refractivity contribution in [3.63, 3.8) is 0 Å². The van der Waals surface area contributed by atoms with Crippen molar-refractivity contribution < 1.29 is 0 Å². The maximum absolute atomic E-state index is 7.32. The van der Waals surface area contributed by atoms with Crippen LogP contribution in [-0.2, 0) is 0 Å². The minimum absolute atomic E-state index is 0.808. The summed E-state index contributed by atoms with van der Waals surface area (Å²) in [6.45, 7) is 1.43. The minimum atomic E-state index is 0.808. The van der Waals surface area contributed by atoms with Crippen LogP contribution >= 0.6 is 34.2 Å². The summed E-state index contributed by atoms with van der Waals surface area (Å²) in [5.74, 6) is 0.808. The van der Waals surface area contributed by atoms with Crippen LogP contribution in [0.15, 0.2) is 0 Å². The van der Waals surface area contributed by atoms with E-state index in [1.807, 2.05) is 0 Å². The molecule has 0 aliphatic carbocycles. The van der Waals surface area contributed by atoms with E-state index in [-0.39, 0.29) is 0 Å². The minimum Gasteiger partial charge on any atom is -0.199 e. The van der Waals surface area contributed by atoms with Crippen LogP contribution in [0.3, 0.4) is 0 Å². The van der Waals surface area contributed by atoms with E-state index in [9.17, 15) is 0 Å². The van der Waals surface area contributed by atoms with E-state index in [1.165, 1.54) is 11.4 Å². The number of nitrogens with zero attached hydrogens (tertiary/aromatic N) is 1. The lowest BCUT2D eigenvalue weighted by Crippen LogP contribution is -1.69. The zero-order valence-electron chi connectivity index (χ0n) is 4.82. The largest absolute Gasteiger partial charge is 0.199 e. The van der Waals surface area contributed by atoms with Crippen LogP contribution in [0.5, 0.6) is 0 Å². The molecule has 0 aromatic rings. The molecule has 0 fully saturated rings. The standard InChI is InChI=1S/C3H6ClI.C2H3N/c4-2-1-3-5;1-2-3/h1-3H2;1H3. The molecule has 0 rings (SSSR count). The topological polar surface area (TPSA) is 23.8 Å². The molecule has 0 spiro atoms. The smallest absolute Gasteiger partial charge is 0.0587 e. The van der Waals surface area contributed by atoms with Gasteiger partial charge < -0.3 is 0 Å². The predicted molar refractivity (Wildman–Crippen MR) is 45.5 cm³/mol. The maximum Gasteiger partial charge on any atom is 0.0587 e. The van der Waals surface area contributed by atoms with Crippen molar-refractivity contribution in [2.75, 3.05) is 10.3 Å². The number of hydrogen-bond donors (Lipinski definition) is 0. The Kier molecular flexibility index (Phi) is 22.2. The normalized spacial score (nSPS) is 6.25. The molecule has 48 valence electrons. The van der Waals surface area contributed by atoms with Crippen molar-refractivity contribution in [2.45, 2.75) is 13.3 Å². The molecule has 0 N–H and O–H groups in total. The van der Waals surface area contributed by atoms with Gasteiger partial charge in [-0.3, -0.25) is 0 Å². The summed E-state index contributed by atoms with van der Waals surface area (Å²) in [4.78, 5) is 0. The molecule has 0 bridgehead atoms. The summed E-state index contributed by atoms with van der Waals surface area (Å²) < 4.78 is 1.18. The molecule has 0 heterocycles. The van der Waals surface area contributed by atoms with Crippen LogP contribution in [0.25, 0.3) is 0 Å². The van der Waals surface area contributed by atoms with Gasteiger partial charge in [0.05, 0.1) is 6.07 Å². The summed E-state index contributed by atoms with van der Waals surface area (Å²) in [6.07, 6.45) is 1.14. The zero-order valence-corrected chi connectivity index (χ0v) is 7.74. The van der Waals surface area contributed by atoms with Crippen LogP contribution < -0.4 is 0 Å². The summed E-state index contributed by atoms with van der Waals surface area (Å²) in [5.41, 5.74) is 0. The van der Waals surface area contributed by atoms with Gasteiger partial charge in [-0.05, 0) is 6.42 Å². The van der Waals surface area contributed by atoms with Crippen LogP contribution in [-0.4, -0.2) is 10.3 Å². The zero-order chi connectivity index (χ0) is 6.83. The molecule has 0 aromatic heterocycles. The Morgan fingerprint density at radius 2 is 2.12 bits per heavy atom. The molecule has 0 amide bonds. The lowest BCUT2D eigenvalue weighted by Gasteiger charge is -1.75. The maximum atomic E-state index is 7.32. The number of alkyl halides is 2. The molecule has 8 heavy (non-hydrogen) atoms. The highest BCUT2D eigenvalue weighted by Gasteiger charge is 1.71. The van der Waals surface area contributed by atoms with Gasteiger partial charge in [-0.15, -0.1) is 11.6 Å². The SMILES string of the molecule is CC#N.ClCCCI. The fourth-order valence-electron chi connectivity index (χ4n) is 0.0505. The first kappa shape index (κ1) is 11.3. The summed E-state index contributed by atoms with van der Waals surface area (Å²) in [7, 11) is 0. The lowest BCUT2D eigenvalue weighted by molar-refractivity contribution is 1.14. The van der Waals surface area contributed by atoms with Crippen LogP contribution in [0.1, 0.15) is 13.3 Å². The molecular formula is C5H9ClIN. The van der Waals surface area contributed by atoms with Crippen LogP contribution in [0.2, 0.25) is 0 Å². The molecule has 1 nitrogen and oxygen atoms in total. The summed E-state index contributed by atoms with van der Waals surface area (Å²) in [6, 6.07) is 1.75. The Morgan fingerprint density at radius 1 is 1.75 bits per heavy atom. The highest BCUT2D eigenvalue weighted by atomic mass is 127. The van der Waals surface area contributed by atoms with E-state index in [2.05, 4.69) is 22.6 Å². The van der Waals surface area contributed by atoms with Crippen molar-refractivity contribution >= 4 is 34.2 Å². The Morgan fingerprint density at radius 3 is 2.12 bits per heavy atom. The van der Waals surface area contributed by atoms with Gasteiger partial charge in [-0.1, -0.05) is 22.6 Å². The lowest BCUT2D eigenvalue weighted by atomic mass is 10.6. The first-order valence-corrected chi connectivity index (χ1v) is 4.32. The van der Waals surface area contributed by atoms with Gasteiger partial charge >= 0.3 is 0 Å². The quantitative estimate of drug-likeness (QED) is 0.542. The van der Waals surface area contributed by atoms with E-state index < -0.39 is 0 Å². The molecule has 0 aliphatic heterocycles. The molecule has 3 heteroatoms. The molecule has 0 aromatic carbocycles. The fourth-order valence-corrected chi connectivity index (χ4v) is 1.02. The van der Waals surface area contributed by atoms with E-state index >= 15 is 0 Å². The predicted octanol–water partition coefficient (Wildman–Crippen LogP) is 2.58. The highest BCUT2D eigenvalue weighted by Crippen LogP contribution is 1.88. The molecule has 0 saturated heterocycles. The van der Waals surface area contributed by atoms with Crippen LogP contribution in [0, 0.1) is 11.3 Å². The Hall–Kier alpha value is 0.510. The van der Waals surface area contributed by atoms with E-state index in [1.54, 1.807) is 6.07 Å². The first-order valence-electron chi connectivity index (χ1n) is 2.26.